The minimum Gasteiger partial charge on any atom is -0.306 e. The maximum atomic E-state index is 5.96. The van der Waals surface area contributed by atoms with E-state index in [0.29, 0.717) is 0 Å². The van der Waals surface area contributed by atoms with Gasteiger partial charge in [-0.3, -0.25) is 0 Å². The molecule has 1 aromatic rings. The van der Waals surface area contributed by atoms with Gasteiger partial charge >= 0.3 is 0 Å². The van der Waals surface area contributed by atoms with Crippen molar-refractivity contribution in [2.45, 2.75) is 30.5 Å². The van der Waals surface area contributed by atoms with Gasteiger partial charge in [0.2, 0.25) is 0 Å². The molecule has 0 atom stereocenters. The number of rotatable bonds is 3. The van der Waals surface area contributed by atoms with Gasteiger partial charge in [0.1, 0.15) is 0 Å². The Balaban J connectivity index is 2.83. The van der Waals surface area contributed by atoms with Gasteiger partial charge in [0.05, 0.1) is 4.87 Å². The van der Waals surface area contributed by atoms with Gasteiger partial charge in [0.25, 0.3) is 0 Å². The van der Waals surface area contributed by atoms with E-state index in [1.54, 1.807) is 11.8 Å². The van der Waals surface area contributed by atoms with Crippen molar-refractivity contribution >= 4 is 23.4 Å². The van der Waals surface area contributed by atoms with Crippen LogP contribution in [0.3, 0.4) is 0 Å². The van der Waals surface area contributed by atoms with Crippen LogP contribution in [0, 0.1) is 6.92 Å². The summed E-state index contributed by atoms with van der Waals surface area (Å²) in [5, 5.41) is 4.08. The molecule has 0 aromatic heterocycles. The summed E-state index contributed by atoms with van der Waals surface area (Å²) < 4.78 is 0. The summed E-state index contributed by atoms with van der Waals surface area (Å²) in [6, 6.07) is 6.12. The smallest absolute Gasteiger partial charge is 0.0632 e. The number of hydrogen-bond acceptors (Lipinski definition) is 2. The van der Waals surface area contributed by atoms with Gasteiger partial charge in [-0.2, -0.15) is 0 Å². The van der Waals surface area contributed by atoms with Crippen LogP contribution in [-0.4, -0.2) is 11.9 Å². The second kappa shape index (κ2) is 4.56. The van der Waals surface area contributed by atoms with Gasteiger partial charge in [-0.15, -0.1) is 11.8 Å². The first-order valence-corrected chi connectivity index (χ1v) is 5.78. The number of hydrogen-bond donors (Lipinski definition) is 1. The Bertz CT molecular complexity index is 323. The summed E-state index contributed by atoms with van der Waals surface area (Å²) in [7, 11) is 1.97. The fourth-order valence-electron chi connectivity index (χ4n) is 1.03. The third-order valence-electron chi connectivity index (χ3n) is 2.10. The zero-order valence-corrected chi connectivity index (χ0v) is 10.6. The fraction of sp³-hybridized carbons (Fsp3) is 0.455. The van der Waals surface area contributed by atoms with Crippen LogP contribution in [0.4, 0.5) is 0 Å². The lowest BCUT2D eigenvalue weighted by Gasteiger charge is -2.23. The van der Waals surface area contributed by atoms with Crippen molar-refractivity contribution in [3.63, 3.8) is 0 Å². The van der Waals surface area contributed by atoms with E-state index in [2.05, 4.69) is 31.3 Å². The first-order chi connectivity index (χ1) is 6.44. The molecule has 0 unspecified atom stereocenters. The predicted molar refractivity (Wildman–Crippen MR) is 65.2 cm³/mol. The molecule has 1 aromatic carbocycles. The molecule has 3 heteroatoms. The van der Waals surface area contributed by atoms with E-state index >= 15 is 0 Å². The van der Waals surface area contributed by atoms with E-state index in [9.17, 15) is 0 Å². The highest BCUT2D eigenvalue weighted by Crippen LogP contribution is 2.31. The Hall–Kier alpha value is -0.180. The first-order valence-electron chi connectivity index (χ1n) is 4.59. The van der Waals surface area contributed by atoms with Crippen LogP contribution in [0.25, 0.3) is 0 Å². The van der Waals surface area contributed by atoms with Crippen LogP contribution in [0.5, 0.6) is 0 Å². The summed E-state index contributed by atoms with van der Waals surface area (Å²) >= 11 is 7.76. The van der Waals surface area contributed by atoms with Crippen molar-refractivity contribution in [2.75, 3.05) is 7.05 Å². The molecule has 1 N–H and O–H groups in total. The molecule has 0 radical (unpaired) electrons. The minimum absolute atomic E-state index is 0.0558. The molecule has 0 aliphatic carbocycles. The number of aryl methyl sites for hydroxylation is 1. The highest BCUT2D eigenvalue weighted by atomic mass is 35.5. The number of nitrogens with one attached hydrogen (secondary N) is 1. The molecule has 0 amide bonds. The van der Waals surface area contributed by atoms with Crippen molar-refractivity contribution < 1.29 is 0 Å². The van der Waals surface area contributed by atoms with Gasteiger partial charge in [0, 0.05) is 9.92 Å². The summed E-state index contributed by atoms with van der Waals surface area (Å²) in [4.78, 5) is 1.30. The molecule has 0 heterocycles. The number of thioether (sulfide) groups is 1. The SMILES string of the molecule is CNC(C)(C)Sc1ccc(Cl)c(C)c1. The second-order valence-electron chi connectivity index (χ2n) is 3.77. The van der Waals surface area contributed by atoms with Gasteiger partial charge in [-0.1, -0.05) is 11.6 Å². The largest absolute Gasteiger partial charge is 0.306 e. The van der Waals surface area contributed by atoms with E-state index in [1.807, 2.05) is 20.0 Å². The summed E-state index contributed by atoms with van der Waals surface area (Å²) in [6.45, 7) is 6.34. The molecule has 0 saturated carbocycles. The van der Waals surface area contributed by atoms with E-state index in [-0.39, 0.29) is 4.87 Å². The molecule has 0 fully saturated rings. The van der Waals surface area contributed by atoms with Crippen molar-refractivity contribution in [3.05, 3.63) is 28.8 Å². The van der Waals surface area contributed by atoms with E-state index in [4.69, 9.17) is 11.6 Å². The predicted octanol–water partition coefficient (Wildman–Crippen LogP) is 3.70. The Labute approximate surface area is 95.2 Å². The van der Waals surface area contributed by atoms with Crippen molar-refractivity contribution in [1.29, 1.82) is 0 Å². The lowest BCUT2D eigenvalue weighted by Crippen LogP contribution is -2.31. The third-order valence-corrected chi connectivity index (χ3v) is 3.73. The van der Waals surface area contributed by atoms with E-state index < -0.39 is 0 Å². The van der Waals surface area contributed by atoms with Gasteiger partial charge in [-0.05, 0) is 51.6 Å². The molecule has 78 valence electrons. The Morgan fingerprint density at radius 1 is 1.36 bits per heavy atom. The minimum atomic E-state index is 0.0558. The first kappa shape index (κ1) is 11.9. The molecule has 1 rings (SSSR count). The molecular weight excluding hydrogens is 214 g/mol. The highest BCUT2D eigenvalue weighted by molar-refractivity contribution is 8.00. The van der Waals surface area contributed by atoms with Crippen molar-refractivity contribution in [1.82, 2.24) is 5.32 Å². The molecule has 1 nitrogen and oxygen atoms in total. The maximum absolute atomic E-state index is 5.96. The molecule has 0 bridgehead atoms. The van der Waals surface area contributed by atoms with Crippen LogP contribution in [0.1, 0.15) is 19.4 Å². The molecule has 0 spiro atoms. The highest BCUT2D eigenvalue weighted by Gasteiger charge is 2.16. The van der Waals surface area contributed by atoms with Crippen LogP contribution < -0.4 is 5.32 Å². The lowest BCUT2D eigenvalue weighted by atomic mass is 10.2. The topological polar surface area (TPSA) is 12.0 Å². The lowest BCUT2D eigenvalue weighted by molar-refractivity contribution is 0.609. The molecule has 0 aliphatic heterocycles. The standard InChI is InChI=1S/C11H16ClNS/c1-8-7-9(5-6-10(8)12)14-11(2,3)13-4/h5-7,13H,1-4H3. The Morgan fingerprint density at radius 2 is 2.00 bits per heavy atom. The van der Waals surface area contributed by atoms with Crippen LogP contribution in [0.15, 0.2) is 23.1 Å². The van der Waals surface area contributed by atoms with Crippen molar-refractivity contribution in [3.8, 4) is 0 Å². The van der Waals surface area contributed by atoms with Crippen LogP contribution in [0.2, 0.25) is 5.02 Å². The molecular formula is C11H16ClNS. The zero-order chi connectivity index (χ0) is 10.8. The van der Waals surface area contributed by atoms with E-state index in [1.165, 1.54) is 4.90 Å². The fourth-order valence-corrected chi connectivity index (χ4v) is 2.21. The average Bonchev–Trinajstić information content (AvgIpc) is 2.11. The van der Waals surface area contributed by atoms with Crippen LogP contribution >= 0.6 is 23.4 Å². The van der Waals surface area contributed by atoms with Gasteiger partial charge in [0.15, 0.2) is 0 Å². The Morgan fingerprint density at radius 3 is 2.50 bits per heavy atom. The monoisotopic (exact) mass is 229 g/mol. The molecule has 14 heavy (non-hydrogen) atoms. The molecule has 0 aliphatic rings. The summed E-state index contributed by atoms with van der Waals surface area (Å²) in [5.41, 5.74) is 1.13. The van der Waals surface area contributed by atoms with Crippen molar-refractivity contribution in [2.24, 2.45) is 0 Å². The maximum Gasteiger partial charge on any atom is 0.0632 e. The van der Waals surface area contributed by atoms with Gasteiger partial charge < -0.3 is 5.32 Å². The Kier molecular flexibility index (Phi) is 3.87. The normalized spacial score (nSPS) is 11.8. The molecule has 0 saturated heterocycles. The number of halogens is 1. The van der Waals surface area contributed by atoms with Gasteiger partial charge in [-0.25, -0.2) is 0 Å². The second-order valence-corrected chi connectivity index (χ2v) is 5.88. The van der Waals surface area contributed by atoms with Crippen LogP contribution in [-0.2, 0) is 0 Å². The summed E-state index contributed by atoms with van der Waals surface area (Å²) in [5.74, 6) is 0. The summed E-state index contributed by atoms with van der Waals surface area (Å²) in [6.07, 6.45) is 0. The third kappa shape index (κ3) is 3.19. The zero-order valence-electron chi connectivity index (χ0n) is 9.02. The average molecular weight is 230 g/mol. The quantitative estimate of drug-likeness (QED) is 0.627. The van der Waals surface area contributed by atoms with E-state index in [0.717, 1.165) is 10.6 Å². The number of benzene rings is 1.